The van der Waals surface area contributed by atoms with Gasteiger partial charge in [0.05, 0.1) is 16.8 Å². The van der Waals surface area contributed by atoms with Crippen molar-refractivity contribution in [2.75, 3.05) is 11.1 Å². The van der Waals surface area contributed by atoms with Crippen LogP contribution >= 0.6 is 0 Å². The van der Waals surface area contributed by atoms with Gasteiger partial charge in [0.2, 0.25) is 5.78 Å². The monoisotopic (exact) mass is 387 g/mol. The smallest absolute Gasteiger partial charge is 0.259 e. The summed E-state index contributed by atoms with van der Waals surface area (Å²) < 4.78 is 14.8. The standard InChI is InChI=1S/C23H18FN3O2/c1-14-5-11-17(12-6-14)26-23(29)19-18-4-2-3-13-27(18)21(20(19)25)22(28)15-7-9-16(24)10-8-15/h2-13H,25H2,1H3,(H,26,29). The van der Waals surface area contributed by atoms with Gasteiger partial charge >= 0.3 is 0 Å². The molecule has 0 fully saturated rings. The first kappa shape index (κ1) is 18.4. The molecule has 2 aromatic carbocycles. The van der Waals surface area contributed by atoms with Gasteiger partial charge in [-0.05, 0) is 55.5 Å². The molecule has 0 aliphatic heterocycles. The summed E-state index contributed by atoms with van der Waals surface area (Å²) in [6.07, 6.45) is 1.67. The zero-order valence-electron chi connectivity index (χ0n) is 15.6. The highest BCUT2D eigenvalue weighted by Crippen LogP contribution is 2.29. The number of fused-ring (bicyclic) bond motifs is 1. The van der Waals surface area contributed by atoms with E-state index in [0.29, 0.717) is 11.2 Å². The van der Waals surface area contributed by atoms with Crippen LogP contribution in [0.5, 0.6) is 0 Å². The predicted octanol–water partition coefficient (Wildman–Crippen LogP) is 4.45. The van der Waals surface area contributed by atoms with Gasteiger partial charge in [-0.3, -0.25) is 9.59 Å². The minimum atomic E-state index is -0.437. The number of ketones is 1. The average molecular weight is 387 g/mol. The Hall–Kier alpha value is -3.93. The largest absolute Gasteiger partial charge is 0.396 e. The molecule has 0 bridgehead atoms. The van der Waals surface area contributed by atoms with Gasteiger partial charge in [0.15, 0.2) is 0 Å². The lowest BCUT2D eigenvalue weighted by atomic mass is 10.1. The number of nitrogens with one attached hydrogen (secondary N) is 1. The number of halogens is 1. The SMILES string of the molecule is Cc1ccc(NC(=O)c2c(N)c(C(=O)c3ccc(F)cc3)n3ccccc23)cc1. The van der Waals surface area contributed by atoms with E-state index in [1.807, 2.05) is 19.1 Å². The van der Waals surface area contributed by atoms with E-state index in [4.69, 9.17) is 5.73 Å². The first-order valence-corrected chi connectivity index (χ1v) is 9.02. The number of pyridine rings is 1. The van der Waals surface area contributed by atoms with Crippen molar-refractivity contribution in [2.45, 2.75) is 6.92 Å². The lowest BCUT2D eigenvalue weighted by Gasteiger charge is -2.06. The molecule has 144 valence electrons. The van der Waals surface area contributed by atoms with Gasteiger partial charge in [0.1, 0.15) is 11.5 Å². The molecule has 0 spiro atoms. The molecule has 4 rings (SSSR count). The fourth-order valence-corrected chi connectivity index (χ4v) is 3.27. The van der Waals surface area contributed by atoms with Crippen molar-refractivity contribution in [3.63, 3.8) is 0 Å². The molecule has 4 aromatic rings. The highest BCUT2D eigenvalue weighted by Gasteiger charge is 2.26. The van der Waals surface area contributed by atoms with Crippen LogP contribution in [0.3, 0.4) is 0 Å². The summed E-state index contributed by atoms with van der Waals surface area (Å²) in [7, 11) is 0. The minimum absolute atomic E-state index is 0.0788. The molecule has 6 heteroatoms. The van der Waals surface area contributed by atoms with E-state index in [1.165, 1.54) is 24.3 Å². The Labute approximate surface area is 166 Å². The molecule has 29 heavy (non-hydrogen) atoms. The number of nitrogens with zero attached hydrogens (tertiary/aromatic N) is 1. The summed E-state index contributed by atoms with van der Waals surface area (Å²) in [6.45, 7) is 1.96. The third-order valence-electron chi connectivity index (χ3n) is 4.74. The number of rotatable bonds is 4. The van der Waals surface area contributed by atoms with Gasteiger partial charge in [0, 0.05) is 17.4 Å². The Kier molecular flexibility index (Phi) is 4.60. The van der Waals surface area contributed by atoms with Gasteiger partial charge in [-0.2, -0.15) is 0 Å². The molecule has 5 nitrogen and oxygen atoms in total. The Balaban J connectivity index is 1.80. The fraction of sp³-hybridized carbons (Fsp3) is 0.0435. The van der Waals surface area contributed by atoms with E-state index in [1.54, 1.807) is 40.9 Å². The maximum Gasteiger partial charge on any atom is 0.259 e. The van der Waals surface area contributed by atoms with Crippen LogP contribution < -0.4 is 11.1 Å². The molecular formula is C23H18FN3O2. The molecule has 1 amide bonds. The Bertz CT molecular complexity index is 1230. The van der Waals surface area contributed by atoms with Crippen LogP contribution in [0.25, 0.3) is 5.52 Å². The number of amides is 1. The Morgan fingerprint density at radius 2 is 1.66 bits per heavy atom. The zero-order valence-corrected chi connectivity index (χ0v) is 15.6. The zero-order chi connectivity index (χ0) is 20.5. The number of hydrogen-bond acceptors (Lipinski definition) is 3. The van der Waals surface area contributed by atoms with Crippen molar-refractivity contribution >= 4 is 28.6 Å². The molecule has 0 aliphatic carbocycles. The van der Waals surface area contributed by atoms with Crippen molar-refractivity contribution in [3.8, 4) is 0 Å². The predicted molar refractivity (Wildman–Crippen MR) is 111 cm³/mol. The van der Waals surface area contributed by atoms with E-state index < -0.39 is 17.5 Å². The summed E-state index contributed by atoms with van der Waals surface area (Å²) in [6, 6.07) is 17.8. The molecular weight excluding hydrogens is 369 g/mol. The topological polar surface area (TPSA) is 76.6 Å². The van der Waals surface area contributed by atoms with E-state index in [9.17, 15) is 14.0 Å². The van der Waals surface area contributed by atoms with Crippen LogP contribution in [-0.4, -0.2) is 16.1 Å². The molecule has 0 saturated heterocycles. The second-order valence-electron chi connectivity index (χ2n) is 6.75. The van der Waals surface area contributed by atoms with Crippen molar-refractivity contribution < 1.29 is 14.0 Å². The van der Waals surface area contributed by atoms with Crippen LogP contribution in [0, 0.1) is 12.7 Å². The van der Waals surface area contributed by atoms with E-state index >= 15 is 0 Å². The lowest BCUT2D eigenvalue weighted by Crippen LogP contribution is -2.14. The quantitative estimate of drug-likeness (QED) is 0.508. The molecule has 0 atom stereocenters. The molecule has 2 aromatic heterocycles. The summed E-state index contributed by atoms with van der Waals surface area (Å²) in [5.74, 6) is -1.24. The minimum Gasteiger partial charge on any atom is -0.396 e. The summed E-state index contributed by atoms with van der Waals surface area (Å²) in [5.41, 5.74) is 9.25. The lowest BCUT2D eigenvalue weighted by molar-refractivity contribution is 0.102. The molecule has 0 radical (unpaired) electrons. The summed E-state index contributed by atoms with van der Waals surface area (Å²) in [4.78, 5) is 26.1. The van der Waals surface area contributed by atoms with E-state index in [0.717, 1.165) is 5.56 Å². The molecule has 3 N–H and O–H groups in total. The Morgan fingerprint density at radius 3 is 2.34 bits per heavy atom. The number of carbonyl (C=O) groups excluding carboxylic acids is 2. The average Bonchev–Trinajstić information content (AvgIpc) is 3.01. The number of aromatic nitrogens is 1. The maximum absolute atomic E-state index is 13.2. The molecule has 0 unspecified atom stereocenters. The first-order valence-electron chi connectivity index (χ1n) is 9.02. The van der Waals surface area contributed by atoms with Gasteiger partial charge < -0.3 is 15.5 Å². The van der Waals surface area contributed by atoms with Crippen molar-refractivity contribution in [1.29, 1.82) is 0 Å². The van der Waals surface area contributed by atoms with E-state index in [2.05, 4.69) is 5.32 Å². The van der Waals surface area contributed by atoms with Crippen LogP contribution in [0.4, 0.5) is 15.8 Å². The second kappa shape index (κ2) is 7.24. The normalized spacial score (nSPS) is 10.8. The number of benzene rings is 2. The highest BCUT2D eigenvalue weighted by atomic mass is 19.1. The molecule has 0 aliphatic rings. The van der Waals surface area contributed by atoms with Crippen LogP contribution in [-0.2, 0) is 0 Å². The van der Waals surface area contributed by atoms with Crippen molar-refractivity contribution in [1.82, 2.24) is 4.40 Å². The third-order valence-corrected chi connectivity index (χ3v) is 4.74. The maximum atomic E-state index is 13.2. The van der Waals surface area contributed by atoms with E-state index in [-0.39, 0.29) is 22.5 Å². The van der Waals surface area contributed by atoms with Gasteiger partial charge in [-0.1, -0.05) is 23.8 Å². The number of anilines is 2. The second-order valence-corrected chi connectivity index (χ2v) is 6.75. The number of nitrogens with two attached hydrogens (primary N) is 1. The fourth-order valence-electron chi connectivity index (χ4n) is 3.27. The van der Waals surface area contributed by atoms with Crippen molar-refractivity contribution in [3.05, 3.63) is 101 Å². The summed E-state index contributed by atoms with van der Waals surface area (Å²) in [5, 5.41) is 2.82. The van der Waals surface area contributed by atoms with Crippen LogP contribution in [0.1, 0.15) is 32.0 Å². The number of carbonyl (C=O) groups is 2. The third kappa shape index (κ3) is 3.36. The number of nitrogen functional groups attached to an aromatic ring is 1. The number of hydrogen-bond donors (Lipinski definition) is 2. The van der Waals surface area contributed by atoms with Gasteiger partial charge in [-0.15, -0.1) is 0 Å². The molecule has 2 heterocycles. The first-order chi connectivity index (χ1) is 14.0. The highest BCUT2D eigenvalue weighted by molar-refractivity contribution is 6.20. The van der Waals surface area contributed by atoms with Crippen LogP contribution in [0.15, 0.2) is 72.9 Å². The van der Waals surface area contributed by atoms with Crippen LogP contribution in [0.2, 0.25) is 0 Å². The summed E-state index contributed by atoms with van der Waals surface area (Å²) >= 11 is 0. The van der Waals surface area contributed by atoms with Gasteiger partial charge in [-0.25, -0.2) is 4.39 Å². The molecule has 0 saturated carbocycles. The van der Waals surface area contributed by atoms with Gasteiger partial charge in [0.25, 0.3) is 5.91 Å². The van der Waals surface area contributed by atoms with Crippen molar-refractivity contribution in [2.24, 2.45) is 0 Å². The number of aryl methyl sites for hydroxylation is 1. The Morgan fingerprint density at radius 1 is 0.966 bits per heavy atom.